The number of rotatable bonds is 6. The zero-order valence-corrected chi connectivity index (χ0v) is 11.4. The molecular formula is C13H21N3O2. The summed E-state index contributed by atoms with van der Waals surface area (Å²) in [6, 6.07) is 1.89. The highest BCUT2D eigenvalue weighted by Gasteiger charge is 2.21. The van der Waals surface area contributed by atoms with Crippen LogP contribution in [0.5, 0.6) is 0 Å². The topological polar surface area (TPSA) is 68.1 Å². The lowest BCUT2D eigenvalue weighted by atomic mass is 9.95. The average Bonchev–Trinajstić information content (AvgIpc) is 2.35. The van der Waals surface area contributed by atoms with E-state index in [0.29, 0.717) is 11.6 Å². The number of nitrogens with one attached hydrogen (secondary N) is 1. The fourth-order valence-electron chi connectivity index (χ4n) is 2.12. The van der Waals surface area contributed by atoms with Gasteiger partial charge in [0.2, 0.25) is 0 Å². The second-order valence-corrected chi connectivity index (χ2v) is 4.51. The fraction of sp³-hybridized carbons (Fsp3) is 0.615. The summed E-state index contributed by atoms with van der Waals surface area (Å²) in [4.78, 5) is 14.9. The molecule has 0 saturated carbocycles. The molecule has 0 radical (unpaired) electrons. The van der Waals surface area contributed by atoms with Crippen LogP contribution < -0.4 is 5.32 Å². The fourth-order valence-corrected chi connectivity index (χ4v) is 2.12. The quantitative estimate of drug-likeness (QED) is 0.623. The highest BCUT2D eigenvalue weighted by Crippen LogP contribution is 2.25. The number of hydrogen-bond donors (Lipinski definition) is 1. The monoisotopic (exact) mass is 251 g/mol. The van der Waals surface area contributed by atoms with E-state index >= 15 is 0 Å². The molecule has 0 spiro atoms. The first-order valence-corrected chi connectivity index (χ1v) is 6.35. The second kappa shape index (κ2) is 6.44. The SMILES string of the molecule is CCNC(CC)C(C)c1cc([N+](=O)[O-])c(C)cn1. The Morgan fingerprint density at radius 3 is 2.67 bits per heavy atom. The van der Waals surface area contributed by atoms with Crippen LogP contribution in [0, 0.1) is 17.0 Å². The third-order valence-electron chi connectivity index (χ3n) is 3.27. The zero-order valence-electron chi connectivity index (χ0n) is 11.4. The van der Waals surface area contributed by atoms with Crippen LogP contribution in [0.25, 0.3) is 0 Å². The van der Waals surface area contributed by atoms with E-state index in [9.17, 15) is 10.1 Å². The molecule has 0 saturated heterocycles. The standard InChI is InChI=1S/C13H21N3O2/c1-5-11(14-6-2)10(4)12-7-13(16(17)18)9(3)8-15-12/h7-8,10-11,14H,5-6H2,1-4H3. The predicted molar refractivity (Wildman–Crippen MR) is 71.8 cm³/mol. The van der Waals surface area contributed by atoms with Crippen molar-refractivity contribution >= 4 is 5.69 Å². The van der Waals surface area contributed by atoms with Crippen molar-refractivity contribution < 1.29 is 4.92 Å². The Morgan fingerprint density at radius 1 is 1.50 bits per heavy atom. The van der Waals surface area contributed by atoms with Crippen molar-refractivity contribution in [2.24, 2.45) is 0 Å². The summed E-state index contributed by atoms with van der Waals surface area (Å²) in [6.45, 7) is 8.81. The Balaban J connectivity index is 3.02. The van der Waals surface area contributed by atoms with Gasteiger partial charge < -0.3 is 5.32 Å². The lowest BCUT2D eigenvalue weighted by Crippen LogP contribution is -2.33. The molecule has 1 N–H and O–H groups in total. The summed E-state index contributed by atoms with van der Waals surface area (Å²) in [7, 11) is 0. The van der Waals surface area contributed by atoms with Gasteiger partial charge in [0.05, 0.1) is 10.6 Å². The van der Waals surface area contributed by atoms with Gasteiger partial charge in [0.1, 0.15) is 0 Å². The number of nitro groups is 1. The summed E-state index contributed by atoms with van der Waals surface area (Å²) in [6.07, 6.45) is 2.56. The van der Waals surface area contributed by atoms with Gasteiger partial charge >= 0.3 is 0 Å². The van der Waals surface area contributed by atoms with E-state index in [1.807, 2.05) is 0 Å². The van der Waals surface area contributed by atoms with Crippen molar-refractivity contribution in [2.75, 3.05) is 6.54 Å². The van der Waals surface area contributed by atoms with Gasteiger partial charge in [-0.2, -0.15) is 0 Å². The molecule has 5 nitrogen and oxygen atoms in total. The van der Waals surface area contributed by atoms with E-state index in [2.05, 4.69) is 31.1 Å². The van der Waals surface area contributed by atoms with Crippen molar-refractivity contribution in [3.05, 3.63) is 33.6 Å². The summed E-state index contributed by atoms with van der Waals surface area (Å²) in [5, 5.41) is 14.3. The first-order chi connectivity index (χ1) is 8.51. The second-order valence-electron chi connectivity index (χ2n) is 4.51. The highest BCUT2D eigenvalue weighted by molar-refractivity contribution is 5.39. The molecule has 1 rings (SSSR count). The highest BCUT2D eigenvalue weighted by atomic mass is 16.6. The van der Waals surface area contributed by atoms with Gasteiger partial charge in [0.25, 0.3) is 5.69 Å². The lowest BCUT2D eigenvalue weighted by molar-refractivity contribution is -0.385. The predicted octanol–water partition coefficient (Wildman–Crippen LogP) is 2.79. The summed E-state index contributed by atoms with van der Waals surface area (Å²) in [5.41, 5.74) is 1.53. The minimum absolute atomic E-state index is 0.151. The number of aryl methyl sites for hydroxylation is 1. The molecule has 2 atom stereocenters. The summed E-state index contributed by atoms with van der Waals surface area (Å²) >= 11 is 0. The Bertz CT molecular complexity index is 421. The van der Waals surface area contributed by atoms with Crippen LogP contribution in [0.2, 0.25) is 0 Å². The van der Waals surface area contributed by atoms with E-state index in [4.69, 9.17) is 0 Å². The van der Waals surface area contributed by atoms with Crippen LogP contribution in [0.3, 0.4) is 0 Å². The Hall–Kier alpha value is -1.49. The molecule has 0 aliphatic heterocycles. The van der Waals surface area contributed by atoms with Crippen molar-refractivity contribution in [1.29, 1.82) is 0 Å². The van der Waals surface area contributed by atoms with Gasteiger partial charge in [-0.25, -0.2) is 0 Å². The van der Waals surface area contributed by atoms with Crippen LogP contribution in [0.1, 0.15) is 44.4 Å². The normalized spacial score (nSPS) is 14.2. The minimum atomic E-state index is -0.346. The van der Waals surface area contributed by atoms with E-state index in [-0.39, 0.29) is 16.5 Å². The van der Waals surface area contributed by atoms with Crippen molar-refractivity contribution in [2.45, 2.75) is 46.1 Å². The number of nitrogens with zero attached hydrogens (tertiary/aromatic N) is 2. The molecule has 0 aliphatic carbocycles. The molecule has 2 unspecified atom stereocenters. The Labute approximate surface area is 108 Å². The number of pyridine rings is 1. The smallest absolute Gasteiger partial charge is 0.275 e. The minimum Gasteiger partial charge on any atom is -0.314 e. The largest absolute Gasteiger partial charge is 0.314 e. The van der Waals surface area contributed by atoms with Crippen molar-refractivity contribution in [3.63, 3.8) is 0 Å². The molecule has 100 valence electrons. The molecule has 0 amide bonds. The van der Waals surface area contributed by atoms with Crippen LogP contribution >= 0.6 is 0 Å². The first kappa shape index (κ1) is 14.6. The van der Waals surface area contributed by atoms with Gasteiger partial charge in [-0.05, 0) is 19.9 Å². The maximum Gasteiger partial charge on any atom is 0.275 e. The van der Waals surface area contributed by atoms with Crippen LogP contribution in [-0.4, -0.2) is 22.5 Å². The molecule has 0 aliphatic rings. The molecule has 1 aromatic rings. The molecule has 1 heterocycles. The molecule has 18 heavy (non-hydrogen) atoms. The Kier molecular flexibility index (Phi) is 5.22. The average molecular weight is 251 g/mol. The van der Waals surface area contributed by atoms with Crippen LogP contribution in [-0.2, 0) is 0 Å². The molecule has 5 heteroatoms. The maximum absolute atomic E-state index is 10.9. The number of aromatic nitrogens is 1. The van der Waals surface area contributed by atoms with Gasteiger partial charge in [0.15, 0.2) is 0 Å². The summed E-state index contributed by atoms with van der Waals surface area (Å²) < 4.78 is 0. The molecule has 0 fully saturated rings. The van der Waals surface area contributed by atoms with E-state index in [1.165, 1.54) is 0 Å². The third-order valence-corrected chi connectivity index (χ3v) is 3.27. The molecular weight excluding hydrogens is 230 g/mol. The number of hydrogen-bond acceptors (Lipinski definition) is 4. The summed E-state index contributed by atoms with van der Waals surface area (Å²) in [5.74, 6) is 0.161. The van der Waals surface area contributed by atoms with Gasteiger partial charge in [-0.15, -0.1) is 0 Å². The zero-order chi connectivity index (χ0) is 13.7. The van der Waals surface area contributed by atoms with Gasteiger partial charge in [-0.1, -0.05) is 20.8 Å². The Morgan fingerprint density at radius 2 is 2.17 bits per heavy atom. The van der Waals surface area contributed by atoms with E-state index in [1.54, 1.807) is 19.2 Å². The van der Waals surface area contributed by atoms with Crippen molar-refractivity contribution in [3.8, 4) is 0 Å². The van der Waals surface area contributed by atoms with E-state index in [0.717, 1.165) is 18.7 Å². The molecule has 0 aromatic carbocycles. The number of likely N-dealkylation sites (N-methyl/N-ethyl adjacent to an activating group) is 1. The maximum atomic E-state index is 10.9. The third kappa shape index (κ3) is 3.26. The van der Waals surface area contributed by atoms with E-state index < -0.39 is 0 Å². The van der Waals surface area contributed by atoms with Gasteiger partial charge in [-0.3, -0.25) is 15.1 Å². The molecule has 0 bridgehead atoms. The lowest BCUT2D eigenvalue weighted by Gasteiger charge is -2.23. The van der Waals surface area contributed by atoms with Gasteiger partial charge in [0, 0.05) is 29.8 Å². The van der Waals surface area contributed by atoms with Crippen LogP contribution in [0.4, 0.5) is 5.69 Å². The molecule has 1 aromatic heterocycles. The van der Waals surface area contributed by atoms with Crippen LogP contribution in [0.15, 0.2) is 12.3 Å². The van der Waals surface area contributed by atoms with Crippen molar-refractivity contribution in [1.82, 2.24) is 10.3 Å². The first-order valence-electron chi connectivity index (χ1n) is 6.35.